The lowest BCUT2D eigenvalue weighted by atomic mass is 10.00. The lowest BCUT2D eigenvalue weighted by Crippen LogP contribution is -2.38. The molecule has 0 saturated carbocycles. The predicted molar refractivity (Wildman–Crippen MR) is 103 cm³/mol. The van der Waals surface area contributed by atoms with Gasteiger partial charge in [-0.25, -0.2) is 0 Å². The van der Waals surface area contributed by atoms with Gasteiger partial charge in [0, 0.05) is 48.8 Å². The number of hydrogen-bond acceptors (Lipinski definition) is 3. The number of para-hydroxylation sites is 1. The van der Waals surface area contributed by atoms with Crippen molar-refractivity contribution in [2.45, 2.75) is 32.5 Å². The lowest BCUT2D eigenvalue weighted by Gasteiger charge is -2.30. The summed E-state index contributed by atoms with van der Waals surface area (Å²) in [6, 6.07) is 16.4. The number of benzene rings is 2. The fraction of sp³-hybridized carbons (Fsp3) is 0.318. The van der Waals surface area contributed by atoms with E-state index in [1.54, 1.807) is 6.92 Å². The molecule has 2 aromatic carbocycles. The van der Waals surface area contributed by atoms with E-state index < -0.39 is 6.10 Å². The Morgan fingerprint density at radius 2 is 1.81 bits per heavy atom. The van der Waals surface area contributed by atoms with Crippen LogP contribution in [0.15, 0.2) is 54.7 Å². The summed E-state index contributed by atoms with van der Waals surface area (Å²) >= 11 is 0. The van der Waals surface area contributed by atoms with Gasteiger partial charge in [0.25, 0.3) is 0 Å². The fourth-order valence-electron chi connectivity index (χ4n) is 3.97. The molecule has 0 spiro atoms. The molecule has 0 saturated heterocycles. The van der Waals surface area contributed by atoms with Gasteiger partial charge in [-0.05, 0) is 30.5 Å². The first-order valence-corrected chi connectivity index (χ1v) is 9.18. The first-order valence-electron chi connectivity index (χ1n) is 9.18. The van der Waals surface area contributed by atoms with Gasteiger partial charge in [-0.1, -0.05) is 42.5 Å². The maximum absolute atomic E-state index is 11.9. The number of aromatic nitrogens is 1. The third kappa shape index (κ3) is 3.30. The van der Waals surface area contributed by atoms with Crippen molar-refractivity contribution in [3.63, 3.8) is 0 Å². The van der Waals surface area contributed by atoms with Crippen LogP contribution in [0, 0.1) is 0 Å². The van der Waals surface area contributed by atoms with Crippen molar-refractivity contribution < 1.29 is 9.90 Å². The SMILES string of the molecule is CC(=O)c1cn(C[C@H](O)CN2CCc3ccccc3C2)c2ccccc12. The molecular formula is C22H24N2O2. The molecule has 4 rings (SSSR count). The van der Waals surface area contributed by atoms with Gasteiger partial charge in [0.2, 0.25) is 0 Å². The first kappa shape index (κ1) is 17.0. The molecule has 134 valence electrons. The predicted octanol–water partition coefficient (Wildman–Crippen LogP) is 3.26. The van der Waals surface area contributed by atoms with Crippen LogP contribution in [0.5, 0.6) is 0 Å². The van der Waals surface area contributed by atoms with Crippen molar-refractivity contribution in [2.75, 3.05) is 13.1 Å². The minimum atomic E-state index is -0.476. The number of ketones is 1. The monoisotopic (exact) mass is 348 g/mol. The van der Waals surface area contributed by atoms with Crippen LogP contribution in [0.1, 0.15) is 28.4 Å². The molecule has 0 unspecified atom stereocenters. The Morgan fingerprint density at radius 3 is 2.62 bits per heavy atom. The molecule has 4 nitrogen and oxygen atoms in total. The molecule has 1 atom stereocenters. The highest BCUT2D eigenvalue weighted by Crippen LogP contribution is 2.23. The average Bonchev–Trinajstić information content (AvgIpc) is 3.00. The molecular weight excluding hydrogens is 324 g/mol. The number of carbonyl (C=O) groups excluding carboxylic acids is 1. The Kier molecular flexibility index (Phi) is 4.62. The van der Waals surface area contributed by atoms with Gasteiger partial charge < -0.3 is 9.67 Å². The Bertz CT molecular complexity index is 944. The second kappa shape index (κ2) is 7.06. The number of fused-ring (bicyclic) bond motifs is 2. The van der Waals surface area contributed by atoms with Crippen LogP contribution in [0.3, 0.4) is 0 Å². The van der Waals surface area contributed by atoms with Gasteiger partial charge in [0.05, 0.1) is 6.10 Å². The van der Waals surface area contributed by atoms with Crippen LogP contribution in [0.4, 0.5) is 0 Å². The third-order valence-corrected chi connectivity index (χ3v) is 5.25. The molecule has 1 aromatic heterocycles. The van der Waals surface area contributed by atoms with Crippen LogP contribution in [0.25, 0.3) is 10.9 Å². The topological polar surface area (TPSA) is 45.5 Å². The number of Topliss-reactive ketones (excluding diaryl/α,β-unsaturated/α-hetero) is 1. The maximum atomic E-state index is 11.9. The number of aliphatic hydroxyl groups excluding tert-OH is 1. The summed E-state index contributed by atoms with van der Waals surface area (Å²) in [7, 11) is 0. The van der Waals surface area contributed by atoms with Gasteiger partial charge in [-0.2, -0.15) is 0 Å². The summed E-state index contributed by atoms with van der Waals surface area (Å²) in [5.74, 6) is 0.0575. The Morgan fingerprint density at radius 1 is 1.08 bits per heavy atom. The van der Waals surface area contributed by atoms with Crippen LogP contribution in [-0.4, -0.2) is 39.6 Å². The largest absolute Gasteiger partial charge is 0.390 e. The molecule has 3 aromatic rings. The van der Waals surface area contributed by atoms with E-state index >= 15 is 0 Å². The number of carbonyl (C=O) groups is 1. The van der Waals surface area contributed by atoms with Gasteiger partial charge in [-0.3, -0.25) is 9.69 Å². The molecule has 2 heterocycles. The third-order valence-electron chi connectivity index (χ3n) is 5.25. The highest BCUT2D eigenvalue weighted by Gasteiger charge is 2.20. The second-order valence-corrected chi connectivity index (χ2v) is 7.18. The molecule has 0 amide bonds. The number of nitrogens with zero attached hydrogens (tertiary/aromatic N) is 2. The number of hydrogen-bond donors (Lipinski definition) is 1. The smallest absolute Gasteiger partial charge is 0.161 e. The van der Waals surface area contributed by atoms with Gasteiger partial charge in [-0.15, -0.1) is 0 Å². The van der Waals surface area contributed by atoms with E-state index in [1.807, 2.05) is 35.0 Å². The number of aliphatic hydroxyl groups is 1. The Labute approximate surface area is 153 Å². The second-order valence-electron chi connectivity index (χ2n) is 7.18. The lowest BCUT2D eigenvalue weighted by molar-refractivity contribution is 0.0924. The van der Waals surface area contributed by atoms with E-state index in [9.17, 15) is 9.90 Å². The van der Waals surface area contributed by atoms with Gasteiger partial charge in [0.15, 0.2) is 5.78 Å². The summed E-state index contributed by atoms with van der Waals surface area (Å²) in [5.41, 5.74) is 4.50. The van der Waals surface area contributed by atoms with Crippen LogP contribution in [0.2, 0.25) is 0 Å². The molecule has 26 heavy (non-hydrogen) atoms. The maximum Gasteiger partial charge on any atom is 0.161 e. The van der Waals surface area contributed by atoms with E-state index in [4.69, 9.17) is 0 Å². The van der Waals surface area contributed by atoms with Crippen molar-refractivity contribution in [3.05, 3.63) is 71.4 Å². The van der Waals surface area contributed by atoms with E-state index in [2.05, 4.69) is 29.2 Å². The minimum Gasteiger partial charge on any atom is -0.390 e. The zero-order valence-corrected chi connectivity index (χ0v) is 15.1. The summed E-state index contributed by atoms with van der Waals surface area (Å²) in [5, 5.41) is 11.6. The molecule has 0 radical (unpaired) electrons. The minimum absolute atomic E-state index is 0.0575. The zero-order valence-electron chi connectivity index (χ0n) is 15.1. The van der Waals surface area contributed by atoms with Crippen LogP contribution >= 0.6 is 0 Å². The van der Waals surface area contributed by atoms with Gasteiger partial charge in [0.1, 0.15) is 0 Å². The van der Waals surface area contributed by atoms with Crippen LogP contribution < -0.4 is 0 Å². The summed E-state index contributed by atoms with van der Waals surface area (Å²) < 4.78 is 2.01. The quantitative estimate of drug-likeness (QED) is 0.720. The molecule has 1 aliphatic heterocycles. The molecule has 0 fully saturated rings. The van der Waals surface area contributed by atoms with Crippen molar-refractivity contribution in [1.82, 2.24) is 9.47 Å². The van der Waals surface area contributed by atoms with E-state index in [0.29, 0.717) is 13.1 Å². The first-order chi connectivity index (χ1) is 12.6. The fourth-order valence-corrected chi connectivity index (χ4v) is 3.97. The summed E-state index contributed by atoms with van der Waals surface area (Å²) in [4.78, 5) is 14.2. The van der Waals surface area contributed by atoms with Crippen molar-refractivity contribution in [3.8, 4) is 0 Å². The standard InChI is InChI=1S/C22H24N2O2/c1-16(25)21-15-24(22-9-5-4-8-20(21)22)14-19(26)13-23-11-10-17-6-2-3-7-18(17)12-23/h2-9,15,19,26H,10-14H2,1H3/t19-/m1/s1. The Balaban J connectivity index is 1.48. The zero-order chi connectivity index (χ0) is 18.1. The van der Waals surface area contributed by atoms with E-state index in [0.717, 1.165) is 36.0 Å². The summed E-state index contributed by atoms with van der Waals surface area (Å²) in [6.07, 6.45) is 2.43. The van der Waals surface area contributed by atoms with E-state index in [-0.39, 0.29) is 5.78 Å². The number of rotatable bonds is 5. The summed E-state index contributed by atoms with van der Waals surface area (Å²) in [6.45, 7) is 4.58. The van der Waals surface area contributed by atoms with Gasteiger partial charge >= 0.3 is 0 Å². The van der Waals surface area contributed by atoms with E-state index in [1.165, 1.54) is 11.1 Å². The molecule has 1 N–H and O–H groups in total. The normalized spacial score (nSPS) is 15.8. The van der Waals surface area contributed by atoms with Crippen LogP contribution in [-0.2, 0) is 19.5 Å². The highest BCUT2D eigenvalue weighted by atomic mass is 16.3. The molecule has 0 aliphatic carbocycles. The average molecular weight is 348 g/mol. The highest BCUT2D eigenvalue weighted by molar-refractivity contribution is 6.06. The molecule has 4 heteroatoms. The Hall–Kier alpha value is -2.43. The van der Waals surface area contributed by atoms with Crippen molar-refractivity contribution >= 4 is 16.7 Å². The number of β-amino-alcohol motifs (C(OH)–C–C–N with tert-alkyl or cyclic N) is 1. The van der Waals surface area contributed by atoms with Crippen molar-refractivity contribution in [1.29, 1.82) is 0 Å². The van der Waals surface area contributed by atoms with Crippen molar-refractivity contribution in [2.24, 2.45) is 0 Å². The molecule has 1 aliphatic rings. The molecule has 0 bridgehead atoms.